The first-order chi connectivity index (χ1) is 9.26. The molecule has 104 valence electrons. The summed E-state index contributed by atoms with van der Waals surface area (Å²) in [6.45, 7) is 4.92. The van der Waals surface area contributed by atoms with E-state index in [1.54, 1.807) is 13.4 Å². The summed E-state index contributed by atoms with van der Waals surface area (Å²) in [5.41, 5.74) is 0.352. The molecule has 0 unspecified atom stereocenters. The molecular formula is C14H22N4O. The second-order valence-electron chi connectivity index (χ2n) is 4.33. The van der Waals surface area contributed by atoms with Crippen molar-refractivity contribution in [1.29, 1.82) is 5.26 Å². The maximum absolute atomic E-state index is 9.02. The first-order valence-corrected chi connectivity index (χ1v) is 6.83. The molecule has 0 aliphatic rings. The topological polar surface area (TPSA) is 63.2 Å². The van der Waals surface area contributed by atoms with Crippen molar-refractivity contribution < 1.29 is 4.74 Å². The average Bonchev–Trinajstić information content (AvgIpc) is 2.83. The monoisotopic (exact) mass is 262 g/mol. The van der Waals surface area contributed by atoms with Crippen molar-refractivity contribution in [3.8, 4) is 6.07 Å². The molecule has 1 aromatic rings. The molecule has 0 bridgehead atoms. The van der Waals surface area contributed by atoms with Gasteiger partial charge in [-0.25, -0.2) is 4.98 Å². The van der Waals surface area contributed by atoms with Crippen LogP contribution < -0.4 is 0 Å². The zero-order chi connectivity index (χ0) is 14.1. The fraction of sp³-hybridized carbons (Fsp3) is 0.643. The summed E-state index contributed by atoms with van der Waals surface area (Å²) in [5.74, 6) is 1.26. The van der Waals surface area contributed by atoms with Crippen LogP contribution in [0.2, 0.25) is 0 Å². The highest BCUT2D eigenvalue weighted by molar-refractivity contribution is 5.79. The van der Waals surface area contributed by atoms with Gasteiger partial charge in [-0.05, 0) is 13.3 Å². The highest BCUT2D eigenvalue weighted by atomic mass is 16.5. The van der Waals surface area contributed by atoms with Crippen molar-refractivity contribution in [2.24, 2.45) is 4.99 Å². The maximum atomic E-state index is 9.02. The first kappa shape index (κ1) is 15.2. The Morgan fingerprint density at radius 3 is 2.79 bits per heavy atom. The lowest BCUT2D eigenvalue weighted by Crippen LogP contribution is -2.02. The number of aryl methyl sites for hydroxylation is 1. The van der Waals surface area contributed by atoms with Gasteiger partial charge in [0.1, 0.15) is 6.07 Å². The number of nitriles is 1. The molecule has 0 amide bonds. The summed E-state index contributed by atoms with van der Waals surface area (Å²) >= 11 is 0. The molecule has 0 fully saturated rings. The second-order valence-corrected chi connectivity index (χ2v) is 4.33. The number of aromatic nitrogens is 2. The van der Waals surface area contributed by atoms with Gasteiger partial charge in [0.2, 0.25) is 0 Å². The van der Waals surface area contributed by atoms with E-state index in [2.05, 4.69) is 23.0 Å². The van der Waals surface area contributed by atoms with Gasteiger partial charge in [0, 0.05) is 13.0 Å². The normalized spacial score (nSPS) is 11.4. The van der Waals surface area contributed by atoms with Gasteiger partial charge in [-0.15, -0.1) is 0 Å². The third-order valence-corrected chi connectivity index (χ3v) is 2.97. The molecule has 0 spiro atoms. The van der Waals surface area contributed by atoms with Crippen molar-refractivity contribution in [3.05, 3.63) is 12.0 Å². The predicted octanol–water partition coefficient (Wildman–Crippen LogP) is 3.42. The number of unbranched alkanes of at least 4 members (excludes halogenated alkanes) is 3. The molecule has 5 heteroatoms. The Hall–Kier alpha value is -1.83. The van der Waals surface area contributed by atoms with Crippen LogP contribution in [-0.4, -0.2) is 22.6 Å². The molecule has 1 aromatic heterocycles. The predicted molar refractivity (Wildman–Crippen MR) is 75.5 cm³/mol. The summed E-state index contributed by atoms with van der Waals surface area (Å²) < 4.78 is 7.15. The van der Waals surface area contributed by atoms with Gasteiger partial charge in [0.15, 0.2) is 17.4 Å². The average molecular weight is 262 g/mol. The molecule has 1 rings (SSSR count). The number of ether oxygens (including phenoxy) is 1. The lowest BCUT2D eigenvalue weighted by Gasteiger charge is -2.06. The zero-order valence-corrected chi connectivity index (χ0v) is 12.0. The van der Waals surface area contributed by atoms with E-state index < -0.39 is 0 Å². The van der Waals surface area contributed by atoms with Gasteiger partial charge in [0.05, 0.1) is 13.4 Å². The van der Waals surface area contributed by atoms with E-state index in [-0.39, 0.29) is 0 Å². The van der Waals surface area contributed by atoms with E-state index in [0.29, 0.717) is 17.4 Å². The van der Waals surface area contributed by atoms with Gasteiger partial charge < -0.3 is 9.30 Å². The second kappa shape index (κ2) is 8.30. The molecule has 0 aliphatic carbocycles. The summed E-state index contributed by atoms with van der Waals surface area (Å²) in [4.78, 5) is 8.49. The van der Waals surface area contributed by atoms with Gasteiger partial charge in [-0.2, -0.15) is 10.3 Å². The van der Waals surface area contributed by atoms with Crippen molar-refractivity contribution >= 4 is 11.7 Å². The molecule has 0 radical (unpaired) electrons. The molecule has 0 aliphatic heterocycles. The zero-order valence-electron chi connectivity index (χ0n) is 12.0. The van der Waals surface area contributed by atoms with Crippen LogP contribution in [0.15, 0.2) is 11.3 Å². The molecule has 0 atom stereocenters. The molecule has 5 nitrogen and oxygen atoms in total. The molecule has 19 heavy (non-hydrogen) atoms. The number of nitrogens with zero attached hydrogens (tertiary/aromatic N) is 4. The number of imidazole rings is 1. The van der Waals surface area contributed by atoms with Crippen molar-refractivity contribution in [3.63, 3.8) is 0 Å². The summed E-state index contributed by atoms with van der Waals surface area (Å²) in [7, 11) is 1.62. The minimum atomic E-state index is 0.352. The number of aliphatic imine (C=N–C) groups is 1. The lowest BCUT2D eigenvalue weighted by atomic mass is 10.1. The summed E-state index contributed by atoms with van der Waals surface area (Å²) in [5, 5.41) is 9.02. The van der Waals surface area contributed by atoms with Crippen LogP contribution in [0, 0.1) is 11.3 Å². The van der Waals surface area contributed by atoms with Crippen LogP contribution in [-0.2, 0) is 11.3 Å². The van der Waals surface area contributed by atoms with E-state index in [0.717, 1.165) is 19.4 Å². The van der Waals surface area contributed by atoms with Crippen LogP contribution in [0.3, 0.4) is 0 Å². The van der Waals surface area contributed by atoms with E-state index in [1.807, 2.05) is 11.5 Å². The van der Waals surface area contributed by atoms with Gasteiger partial charge in [-0.3, -0.25) is 0 Å². The molecule has 1 heterocycles. The number of rotatable bonds is 7. The SMILES string of the molecule is CCCCCCC(=Nc1c(C#N)ncn1CC)OC. The van der Waals surface area contributed by atoms with Crippen LogP contribution in [0.5, 0.6) is 0 Å². The van der Waals surface area contributed by atoms with Crippen LogP contribution in [0.25, 0.3) is 0 Å². The standard InChI is InChI=1S/C14H22N4O/c1-4-6-7-8-9-13(19-3)17-14-12(10-15)16-11-18(14)5-2/h11H,4-9H2,1-3H3. The van der Waals surface area contributed by atoms with Crippen LogP contribution in [0.4, 0.5) is 5.82 Å². The third kappa shape index (κ3) is 4.40. The molecule has 0 saturated carbocycles. The van der Waals surface area contributed by atoms with Crippen LogP contribution in [0.1, 0.15) is 51.6 Å². The Morgan fingerprint density at radius 1 is 1.42 bits per heavy atom. The Morgan fingerprint density at radius 2 is 2.21 bits per heavy atom. The smallest absolute Gasteiger partial charge is 0.189 e. The van der Waals surface area contributed by atoms with Crippen LogP contribution >= 0.6 is 0 Å². The maximum Gasteiger partial charge on any atom is 0.189 e. The largest absolute Gasteiger partial charge is 0.484 e. The summed E-state index contributed by atoms with van der Waals surface area (Å²) in [6.07, 6.45) is 7.12. The quantitative estimate of drug-likeness (QED) is 0.429. The fourth-order valence-corrected chi connectivity index (χ4v) is 1.83. The number of hydrogen-bond acceptors (Lipinski definition) is 4. The van der Waals surface area contributed by atoms with E-state index in [1.165, 1.54) is 19.3 Å². The molecule has 0 N–H and O–H groups in total. The Balaban J connectivity index is 2.79. The Bertz CT molecular complexity index is 457. The third-order valence-electron chi connectivity index (χ3n) is 2.97. The van der Waals surface area contributed by atoms with Crippen molar-refractivity contribution in [1.82, 2.24) is 9.55 Å². The highest BCUT2D eigenvalue weighted by Gasteiger charge is 2.10. The van der Waals surface area contributed by atoms with E-state index in [4.69, 9.17) is 10.00 Å². The fourth-order valence-electron chi connectivity index (χ4n) is 1.83. The Kier molecular flexibility index (Phi) is 6.65. The lowest BCUT2D eigenvalue weighted by molar-refractivity contribution is 0.387. The molecule has 0 saturated heterocycles. The molecule has 0 aromatic carbocycles. The summed E-state index contributed by atoms with van der Waals surface area (Å²) in [6, 6.07) is 2.06. The van der Waals surface area contributed by atoms with Crippen molar-refractivity contribution in [2.75, 3.05) is 7.11 Å². The number of methoxy groups -OCH3 is 1. The van der Waals surface area contributed by atoms with Gasteiger partial charge in [0.25, 0.3) is 0 Å². The Labute approximate surface area is 114 Å². The van der Waals surface area contributed by atoms with E-state index >= 15 is 0 Å². The highest BCUT2D eigenvalue weighted by Crippen LogP contribution is 2.19. The minimum Gasteiger partial charge on any atom is -0.484 e. The van der Waals surface area contributed by atoms with Crippen molar-refractivity contribution in [2.45, 2.75) is 52.5 Å². The first-order valence-electron chi connectivity index (χ1n) is 6.83. The van der Waals surface area contributed by atoms with E-state index in [9.17, 15) is 0 Å². The minimum absolute atomic E-state index is 0.352. The van der Waals surface area contributed by atoms with Gasteiger partial charge >= 0.3 is 0 Å². The van der Waals surface area contributed by atoms with Gasteiger partial charge in [-0.1, -0.05) is 26.2 Å². The number of hydrogen-bond donors (Lipinski definition) is 0. The molecular weight excluding hydrogens is 240 g/mol.